The molecule has 0 aliphatic heterocycles. The van der Waals surface area contributed by atoms with Crippen LogP contribution in [0.3, 0.4) is 0 Å². The molecule has 1 aromatic carbocycles. The van der Waals surface area contributed by atoms with E-state index in [0.29, 0.717) is 5.56 Å². The van der Waals surface area contributed by atoms with Crippen LogP contribution in [0.25, 0.3) is 0 Å². The Morgan fingerprint density at radius 3 is 2.47 bits per heavy atom. The van der Waals surface area contributed by atoms with Crippen molar-refractivity contribution in [3.8, 4) is 0 Å². The van der Waals surface area contributed by atoms with Crippen molar-refractivity contribution in [2.24, 2.45) is 0 Å². The summed E-state index contributed by atoms with van der Waals surface area (Å²) >= 11 is 0. The van der Waals surface area contributed by atoms with Crippen molar-refractivity contribution in [2.45, 2.75) is 26.9 Å². The zero-order chi connectivity index (χ0) is 14.4. The van der Waals surface area contributed by atoms with E-state index in [1.165, 1.54) is 0 Å². The first-order valence-corrected chi connectivity index (χ1v) is 6.20. The lowest BCUT2D eigenvalue weighted by atomic mass is 10.1. The van der Waals surface area contributed by atoms with Gasteiger partial charge < -0.3 is 15.7 Å². The molecule has 0 aliphatic carbocycles. The van der Waals surface area contributed by atoms with E-state index in [1.54, 1.807) is 19.1 Å². The second kappa shape index (κ2) is 6.89. The lowest BCUT2D eigenvalue weighted by molar-refractivity contribution is -0.120. The van der Waals surface area contributed by atoms with Gasteiger partial charge in [0.1, 0.15) is 0 Å². The summed E-state index contributed by atoms with van der Waals surface area (Å²) in [5.41, 5.74) is 2.68. The molecule has 104 valence electrons. The molecule has 0 spiro atoms. The van der Waals surface area contributed by atoms with Crippen LogP contribution in [-0.2, 0) is 4.79 Å². The Hall–Kier alpha value is -1.88. The summed E-state index contributed by atoms with van der Waals surface area (Å²) in [6.07, 6.45) is -0.598. The maximum Gasteiger partial charge on any atom is 0.251 e. The van der Waals surface area contributed by atoms with Gasteiger partial charge in [0.25, 0.3) is 5.91 Å². The molecule has 2 amide bonds. The normalized spacial score (nSPS) is 11.8. The number of carbonyl (C=O) groups excluding carboxylic acids is 2. The molecule has 0 fully saturated rings. The number of nitrogens with one attached hydrogen (secondary N) is 2. The highest BCUT2D eigenvalue weighted by Gasteiger charge is 2.09. The molecule has 0 saturated heterocycles. The standard InChI is InChI=1S/C14H20N2O3/c1-9-4-5-12(6-10(9)2)14(19)16-8-13(18)15-7-11(3)17/h4-6,11,17H,7-8H2,1-3H3,(H,15,18)(H,16,19). The molecular weight excluding hydrogens is 244 g/mol. The van der Waals surface area contributed by atoms with Crippen LogP contribution in [0.2, 0.25) is 0 Å². The first kappa shape index (κ1) is 15.2. The number of amides is 2. The molecule has 5 heteroatoms. The van der Waals surface area contributed by atoms with Gasteiger partial charge in [0, 0.05) is 12.1 Å². The van der Waals surface area contributed by atoms with E-state index < -0.39 is 6.10 Å². The number of aliphatic hydroxyl groups excluding tert-OH is 1. The van der Waals surface area contributed by atoms with E-state index in [4.69, 9.17) is 5.11 Å². The van der Waals surface area contributed by atoms with Gasteiger partial charge in [-0.15, -0.1) is 0 Å². The Bertz CT molecular complexity index is 470. The van der Waals surface area contributed by atoms with E-state index in [1.807, 2.05) is 19.9 Å². The predicted octanol–water partition coefficient (Wildman–Crippen LogP) is 0.530. The highest BCUT2D eigenvalue weighted by Crippen LogP contribution is 2.09. The van der Waals surface area contributed by atoms with Gasteiger partial charge >= 0.3 is 0 Å². The number of aryl methyl sites for hydroxylation is 2. The first-order chi connectivity index (χ1) is 8.90. The van der Waals surface area contributed by atoms with Gasteiger partial charge in [-0.05, 0) is 44.0 Å². The molecule has 1 aromatic rings. The van der Waals surface area contributed by atoms with Gasteiger partial charge in [-0.25, -0.2) is 0 Å². The van der Waals surface area contributed by atoms with Gasteiger partial charge in [0.2, 0.25) is 5.91 Å². The largest absolute Gasteiger partial charge is 0.392 e. The summed E-state index contributed by atoms with van der Waals surface area (Å²) < 4.78 is 0. The van der Waals surface area contributed by atoms with Crippen LogP contribution in [0.4, 0.5) is 0 Å². The maximum absolute atomic E-state index is 11.8. The van der Waals surface area contributed by atoms with Gasteiger partial charge in [-0.1, -0.05) is 6.07 Å². The number of benzene rings is 1. The predicted molar refractivity (Wildman–Crippen MR) is 72.9 cm³/mol. The molecule has 3 N–H and O–H groups in total. The average molecular weight is 264 g/mol. The van der Waals surface area contributed by atoms with E-state index >= 15 is 0 Å². The zero-order valence-corrected chi connectivity index (χ0v) is 11.5. The quantitative estimate of drug-likeness (QED) is 0.726. The van der Waals surface area contributed by atoms with Crippen LogP contribution in [-0.4, -0.2) is 36.1 Å². The minimum Gasteiger partial charge on any atom is -0.392 e. The third kappa shape index (κ3) is 5.09. The smallest absolute Gasteiger partial charge is 0.251 e. The zero-order valence-electron chi connectivity index (χ0n) is 11.5. The van der Waals surface area contributed by atoms with E-state index in [2.05, 4.69) is 10.6 Å². The number of aliphatic hydroxyl groups is 1. The lowest BCUT2D eigenvalue weighted by Gasteiger charge is -2.09. The molecule has 0 bridgehead atoms. The Balaban J connectivity index is 2.47. The number of hydrogen-bond donors (Lipinski definition) is 3. The van der Waals surface area contributed by atoms with Crippen molar-refractivity contribution in [3.63, 3.8) is 0 Å². The number of hydrogen-bond acceptors (Lipinski definition) is 3. The van der Waals surface area contributed by atoms with Gasteiger partial charge in [0.15, 0.2) is 0 Å². The monoisotopic (exact) mass is 264 g/mol. The van der Waals surface area contributed by atoms with E-state index in [9.17, 15) is 9.59 Å². The minimum absolute atomic E-state index is 0.0987. The van der Waals surface area contributed by atoms with Crippen LogP contribution < -0.4 is 10.6 Å². The highest BCUT2D eigenvalue weighted by molar-refractivity contribution is 5.96. The Morgan fingerprint density at radius 1 is 1.21 bits per heavy atom. The molecule has 0 saturated carbocycles. The second-order valence-electron chi connectivity index (χ2n) is 4.63. The van der Waals surface area contributed by atoms with E-state index in [-0.39, 0.29) is 24.9 Å². The van der Waals surface area contributed by atoms with Crippen LogP contribution in [0.5, 0.6) is 0 Å². The minimum atomic E-state index is -0.598. The fourth-order valence-electron chi connectivity index (χ4n) is 1.47. The molecule has 1 rings (SSSR count). The third-order valence-electron chi connectivity index (χ3n) is 2.77. The van der Waals surface area contributed by atoms with Crippen LogP contribution in [0.1, 0.15) is 28.4 Å². The topological polar surface area (TPSA) is 78.4 Å². The van der Waals surface area contributed by atoms with Crippen molar-refractivity contribution >= 4 is 11.8 Å². The summed E-state index contributed by atoms with van der Waals surface area (Å²) in [4.78, 5) is 23.2. The van der Waals surface area contributed by atoms with Crippen molar-refractivity contribution < 1.29 is 14.7 Å². The summed E-state index contributed by atoms with van der Waals surface area (Å²) in [5, 5.41) is 14.1. The Morgan fingerprint density at radius 2 is 1.89 bits per heavy atom. The van der Waals surface area contributed by atoms with Gasteiger partial charge in [-0.2, -0.15) is 0 Å². The van der Waals surface area contributed by atoms with Crippen LogP contribution >= 0.6 is 0 Å². The lowest BCUT2D eigenvalue weighted by Crippen LogP contribution is -2.39. The van der Waals surface area contributed by atoms with Crippen molar-refractivity contribution in [3.05, 3.63) is 34.9 Å². The molecule has 0 aromatic heterocycles. The summed E-state index contributed by atoms with van der Waals surface area (Å²) in [6.45, 7) is 5.56. The molecule has 1 unspecified atom stereocenters. The number of carbonyl (C=O) groups is 2. The van der Waals surface area contributed by atoms with Crippen molar-refractivity contribution in [1.29, 1.82) is 0 Å². The summed E-state index contributed by atoms with van der Waals surface area (Å²) in [5.74, 6) is -0.603. The SMILES string of the molecule is Cc1ccc(C(=O)NCC(=O)NCC(C)O)cc1C. The molecule has 0 radical (unpaired) electrons. The van der Waals surface area contributed by atoms with Crippen molar-refractivity contribution in [1.82, 2.24) is 10.6 Å². The molecule has 0 aliphatic rings. The fraction of sp³-hybridized carbons (Fsp3) is 0.429. The number of rotatable bonds is 5. The maximum atomic E-state index is 11.8. The van der Waals surface area contributed by atoms with E-state index in [0.717, 1.165) is 11.1 Å². The second-order valence-corrected chi connectivity index (χ2v) is 4.63. The highest BCUT2D eigenvalue weighted by atomic mass is 16.3. The first-order valence-electron chi connectivity index (χ1n) is 6.20. The van der Waals surface area contributed by atoms with Crippen LogP contribution in [0.15, 0.2) is 18.2 Å². The molecule has 19 heavy (non-hydrogen) atoms. The average Bonchev–Trinajstić information content (AvgIpc) is 2.36. The molecular formula is C14H20N2O3. The van der Waals surface area contributed by atoms with Crippen LogP contribution in [0, 0.1) is 13.8 Å². The molecule has 0 heterocycles. The summed E-state index contributed by atoms with van der Waals surface area (Å²) in [7, 11) is 0. The summed E-state index contributed by atoms with van der Waals surface area (Å²) in [6, 6.07) is 5.39. The van der Waals surface area contributed by atoms with Crippen molar-refractivity contribution in [2.75, 3.05) is 13.1 Å². The van der Waals surface area contributed by atoms with Gasteiger partial charge in [-0.3, -0.25) is 9.59 Å². The molecule has 5 nitrogen and oxygen atoms in total. The third-order valence-corrected chi connectivity index (χ3v) is 2.77. The molecule has 1 atom stereocenters. The Kier molecular flexibility index (Phi) is 5.51. The van der Waals surface area contributed by atoms with Gasteiger partial charge in [0.05, 0.1) is 12.6 Å². The Labute approximate surface area is 113 Å². The fourth-order valence-corrected chi connectivity index (χ4v) is 1.47.